The normalized spacial score (nSPS) is 17.3. The molecule has 19 heavy (non-hydrogen) atoms. The molecule has 1 aromatic rings. The summed E-state index contributed by atoms with van der Waals surface area (Å²) >= 11 is 0. The summed E-state index contributed by atoms with van der Waals surface area (Å²) in [5, 5.41) is 39.7. The molecule has 0 aliphatic carbocycles. The Labute approximate surface area is 111 Å². The first kappa shape index (κ1) is 15.6. The SMILES string of the molecule is CC(NC(=O)c1ccccc1)C(O)[C@@H](O)C(O)CO. The fraction of sp³-hybridized carbons (Fsp3) is 0.462. The Balaban J connectivity index is 2.59. The molecule has 0 saturated heterocycles. The van der Waals surface area contributed by atoms with Gasteiger partial charge in [-0.3, -0.25) is 4.79 Å². The highest BCUT2D eigenvalue weighted by molar-refractivity contribution is 5.94. The number of carbonyl (C=O) groups excluding carboxylic acids is 1. The molecule has 0 fully saturated rings. The molecule has 106 valence electrons. The number of benzene rings is 1. The van der Waals surface area contributed by atoms with E-state index in [0.717, 1.165) is 0 Å². The Bertz CT molecular complexity index is 397. The van der Waals surface area contributed by atoms with Crippen LogP contribution in [0.3, 0.4) is 0 Å². The van der Waals surface area contributed by atoms with E-state index in [9.17, 15) is 20.1 Å². The molecule has 0 bridgehead atoms. The Morgan fingerprint density at radius 1 is 1.16 bits per heavy atom. The molecule has 0 aliphatic rings. The second kappa shape index (κ2) is 7.20. The highest BCUT2D eigenvalue weighted by Crippen LogP contribution is 2.06. The van der Waals surface area contributed by atoms with Crippen molar-refractivity contribution in [3.8, 4) is 0 Å². The summed E-state index contributed by atoms with van der Waals surface area (Å²) in [5.74, 6) is -0.391. The maximum atomic E-state index is 11.8. The van der Waals surface area contributed by atoms with E-state index in [2.05, 4.69) is 5.32 Å². The molecule has 0 aromatic heterocycles. The van der Waals surface area contributed by atoms with Gasteiger partial charge in [0, 0.05) is 5.56 Å². The van der Waals surface area contributed by atoms with Crippen LogP contribution in [-0.2, 0) is 0 Å². The first-order valence-corrected chi connectivity index (χ1v) is 5.98. The third-order valence-electron chi connectivity index (χ3n) is 2.84. The molecule has 5 N–H and O–H groups in total. The average molecular weight is 269 g/mol. The maximum Gasteiger partial charge on any atom is 0.251 e. The topological polar surface area (TPSA) is 110 Å². The molecule has 1 rings (SSSR count). The number of aliphatic hydroxyl groups is 4. The molecule has 6 heteroatoms. The average Bonchev–Trinajstić information content (AvgIpc) is 2.45. The summed E-state index contributed by atoms with van der Waals surface area (Å²) < 4.78 is 0. The fourth-order valence-corrected chi connectivity index (χ4v) is 1.60. The highest BCUT2D eigenvalue weighted by Gasteiger charge is 2.29. The molecule has 0 spiro atoms. The fourth-order valence-electron chi connectivity index (χ4n) is 1.60. The van der Waals surface area contributed by atoms with Gasteiger partial charge in [0.1, 0.15) is 18.3 Å². The van der Waals surface area contributed by atoms with Gasteiger partial charge >= 0.3 is 0 Å². The van der Waals surface area contributed by atoms with Gasteiger partial charge in [-0.25, -0.2) is 0 Å². The second-order valence-electron chi connectivity index (χ2n) is 4.36. The van der Waals surface area contributed by atoms with Crippen molar-refractivity contribution in [3.05, 3.63) is 35.9 Å². The Kier molecular flexibility index (Phi) is 5.91. The van der Waals surface area contributed by atoms with E-state index in [1.165, 1.54) is 6.92 Å². The zero-order valence-electron chi connectivity index (χ0n) is 10.6. The number of rotatable bonds is 6. The van der Waals surface area contributed by atoms with Crippen molar-refractivity contribution in [2.75, 3.05) is 6.61 Å². The minimum atomic E-state index is -1.53. The largest absolute Gasteiger partial charge is 0.394 e. The predicted octanol–water partition coefficient (Wildman–Crippen LogP) is -1.12. The summed E-state index contributed by atoms with van der Waals surface area (Å²) in [6.45, 7) is 0.830. The second-order valence-corrected chi connectivity index (χ2v) is 4.36. The maximum absolute atomic E-state index is 11.8. The molecule has 1 amide bonds. The molecular weight excluding hydrogens is 250 g/mol. The number of nitrogens with one attached hydrogen (secondary N) is 1. The molecule has 0 radical (unpaired) electrons. The lowest BCUT2D eigenvalue weighted by Gasteiger charge is -2.27. The third-order valence-corrected chi connectivity index (χ3v) is 2.84. The molecular formula is C13H19NO5. The summed E-state index contributed by atoms with van der Waals surface area (Å²) in [4.78, 5) is 11.8. The van der Waals surface area contributed by atoms with Gasteiger partial charge in [-0.1, -0.05) is 18.2 Å². The van der Waals surface area contributed by atoms with Crippen LogP contribution in [0, 0.1) is 0 Å². The van der Waals surface area contributed by atoms with Crippen LogP contribution in [0.4, 0.5) is 0 Å². The van der Waals surface area contributed by atoms with Crippen LogP contribution in [0.15, 0.2) is 30.3 Å². The quantitative estimate of drug-likeness (QED) is 0.449. The van der Waals surface area contributed by atoms with Gasteiger partial charge in [-0.2, -0.15) is 0 Å². The highest BCUT2D eigenvalue weighted by atomic mass is 16.4. The standard InChI is InChI=1S/C13H19NO5/c1-8(11(17)12(18)10(16)7-15)14-13(19)9-5-3-2-4-6-9/h2-6,8,10-12,15-18H,7H2,1H3,(H,14,19)/t8?,10?,11?,12-/m0/s1. The smallest absolute Gasteiger partial charge is 0.251 e. The van der Waals surface area contributed by atoms with Crippen molar-refractivity contribution in [3.63, 3.8) is 0 Å². The molecule has 6 nitrogen and oxygen atoms in total. The third kappa shape index (κ3) is 4.29. The number of carbonyl (C=O) groups is 1. The van der Waals surface area contributed by atoms with Crippen molar-refractivity contribution in [1.82, 2.24) is 5.32 Å². The van der Waals surface area contributed by atoms with Crippen LogP contribution in [0.25, 0.3) is 0 Å². The molecule has 0 aliphatic heterocycles. The minimum Gasteiger partial charge on any atom is -0.394 e. The van der Waals surface area contributed by atoms with E-state index in [1.54, 1.807) is 30.3 Å². The molecule has 4 atom stereocenters. The molecule has 0 saturated carbocycles. The van der Waals surface area contributed by atoms with Crippen molar-refractivity contribution in [2.45, 2.75) is 31.3 Å². The lowest BCUT2D eigenvalue weighted by molar-refractivity contribution is -0.0841. The van der Waals surface area contributed by atoms with Crippen molar-refractivity contribution in [1.29, 1.82) is 0 Å². The summed E-state index contributed by atoms with van der Waals surface area (Å²) in [6.07, 6.45) is -4.36. The van der Waals surface area contributed by atoms with Crippen LogP contribution in [0.1, 0.15) is 17.3 Å². The first-order valence-electron chi connectivity index (χ1n) is 5.98. The van der Waals surface area contributed by atoms with E-state index in [-0.39, 0.29) is 0 Å². The van der Waals surface area contributed by atoms with E-state index in [4.69, 9.17) is 5.11 Å². The van der Waals surface area contributed by atoms with Gasteiger partial charge in [0.2, 0.25) is 0 Å². The Morgan fingerprint density at radius 3 is 2.26 bits per heavy atom. The zero-order valence-corrected chi connectivity index (χ0v) is 10.6. The molecule has 1 aromatic carbocycles. The van der Waals surface area contributed by atoms with Gasteiger partial charge < -0.3 is 25.7 Å². The van der Waals surface area contributed by atoms with E-state index in [0.29, 0.717) is 5.56 Å². The van der Waals surface area contributed by atoms with Crippen LogP contribution < -0.4 is 5.32 Å². The van der Waals surface area contributed by atoms with Crippen molar-refractivity contribution >= 4 is 5.91 Å². The lowest BCUT2D eigenvalue weighted by atomic mass is 10.0. The zero-order chi connectivity index (χ0) is 14.4. The van der Waals surface area contributed by atoms with Gasteiger partial charge in [0.25, 0.3) is 5.91 Å². The number of hydrogen-bond acceptors (Lipinski definition) is 5. The first-order chi connectivity index (χ1) is 8.97. The van der Waals surface area contributed by atoms with E-state index >= 15 is 0 Å². The molecule has 3 unspecified atom stereocenters. The van der Waals surface area contributed by atoms with Crippen molar-refractivity contribution < 1.29 is 25.2 Å². The summed E-state index contributed by atoms with van der Waals surface area (Å²) in [7, 11) is 0. The predicted molar refractivity (Wildman–Crippen MR) is 68.5 cm³/mol. The summed E-state index contributed by atoms with van der Waals surface area (Å²) in [6, 6.07) is 7.65. The van der Waals surface area contributed by atoms with Gasteiger partial charge in [-0.15, -0.1) is 0 Å². The van der Waals surface area contributed by atoms with Gasteiger partial charge in [0.05, 0.1) is 12.6 Å². The molecule has 0 heterocycles. The van der Waals surface area contributed by atoms with Crippen LogP contribution in [-0.4, -0.2) is 57.3 Å². The van der Waals surface area contributed by atoms with Gasteiger partial charge in [-0.05, 0) is 19.1 Å². The Hall–Kier alpha value is -1.47. The minimum absolute atomic E-state index is 0.391. The van der Waals surface area contributed by atoms with E-state index in [1.807, 2.05) is 0 Å². The number of amides is 1. The number of hydrogen-bond donors (Lipinski definition) is 5. The Morgan fingerprint density at radius 2 is 1.74 bits per heavy atom. The van der Waals surface area contributed by atoms with Crippen LogP contribution in [0.5, 0.6) is 0 Å². The van der Waals surface area contributed by atoms with Crippen molar-refractivity contribution in [2.24, 2.45) is 0 Å². The van der Waals surface area contributed by atoms with Crippen LogP contribution in [0.2, 0.25) is 0 Å². The number of aliphatic hydroxyl groups excluding tert-OH is 4. The summed E-state index contributed by atoms with van der Waals surface area (Å²) in [5.41, 5.74) is 0.429. The lowest BCUT2D eigenvalue weighted by Crippen LogP contribution is -2.51. The van der Waals surface area contributed by atoms with Crippen LogP contribution >= 0.6 is 0 Å². The monoisotopic (exact) mass is 269 g/mol. The van der Waals surface area contributed by atoms with E-state index < -0.39 is 36.9 Å². The van der Waals surface area contributed by atoms with Gasteiger partial charge in [0.15, 0.2) is 0 Å².